The van der Waals surface area contributed by atoms with Crippen LogP contribution in [0.2, 0.25) is 0 Å². The Morgan fingerprint density at radius 2 is 1.74 bits per heavy atom. The largest absolute Gasteiger partial charge is 0.389 e. The highest BCUT2D eigenvalue weighted by Crippen LogP contribution is 2.39. The fraction of sp³-hybridized carbons (Fsp3) is 0.375. The Balaban J connectivity index is 1.98. The smallest absolute Gasteiger partial charge is 0.369 e. The number of hydrogen-bond donors (Lipinski definition) is 3. The monoisotopic (exact) mass is 479 g/mol. The highest BCUT2D eigenvalue weighted by atomic mass is 19.4. The molecule has 0 saturated carbocycles. The summed E-state index contributed by atoms with van der Waals surface area (Å²) in [4.78, 5) is 38.2. The third kappa shape index (κ3) is 5.55. The third-order valence-electron chi connectivity index (χ3n) is 5.90. The van der Waals surface area contributed by atoms with Gasteiger partial charge in [-0.2, -0.15) is 13.2 Å². The van der Waals surface area contributed by atoms with Gasteiger partial charge < -0.3 is 16.4 Å². The molecular weight excluding hydrogens is 454 g/mol. The predicted molar refractivity (Wildman–Crippen MR) is 118 cm³/mol. The van der Waals surface area contributed by atoms with Crippen LogP contribution in [-0.2, 0) is 14.4 Å². The van der Waals surface area contributed by atoms with Crippen LogP contribution in [0.3, 0.4) is 0 Å². The molecule has 3 atom stereocenters. The van der Waals surface area contributed by atoms with Gasteiger partial charge in [-0.1, -0.05) is 49.7 Å². The molecular formula is C24H25F4N3O3. The van der Waals surface area contributed by atoms with Gasteiger partial charge in [0.2, 0.25) is 11.8 Å². The van der Waals surface area contributed by atoms with Crippen LogP contribution in [0.5, 0.6) is 0 Å². The van der Waals surface area contributed by atoms with Crippen molar-refractivity contribution in [3.8, 4) is 11.1 Å². The molecule has 4 N–H and O–H groups in total. The predicted octanol–water partition coefficient (Wildman–Crippen LogP) is 4.46. The van der Waals surface area contributed by atoms with E-state index in [4.69, 9.17) is 5.73 Å². The van der Waals surface area contributed by atoms with E-state index in [1.165, 1.54) is 12.1 Å². The number of carbonyl (C=O) groups excluding carboxylic acids is 3. The van der Waals surface area contributed by atoms with E-state index in [9.17, 15) is 31.9 Å². The first-order valence-electron chi connectivity index (χ1n) is 10.9. The number of fused-ring (bicyclic) bond motifs is 3. The van der Waals surface area contributed by atoms with Gasteiger partial charge >= 0.3 is 6.18 Å². The van der Waals surface area contributed by atoms with Gasteiger partial charge in [-0.25, -0.2) is 4.39 Å². The minimum absolute atomic E-state index is 0.0636. The van der Waals surface area contributed by atoms with Crippen molar-refractivity contribution in [1.29, 1.82) is 0 Å². The summed E-state index contributed by atoms with van der Waals surface area (Å²) in [6.45, 7) is 1.72. The summed E-state index contributed by atoms with van der Waals surface area (Å²) in [6.07, 6.45) is -5.95. The van der Waals surface area contributed by atoms with Crippen LogP contribution >= 0.6 is 0 Å². The zero-order valence-electron chi connectivity index (χ0n) is 18.4. The fourth-order valence-electron chi connectivity index (χ4n) is 4.29. The Morgan fingerprint density at radius 1 is 1.06 bits per heavy atom. The average molecular weight is 479 g/mol. The number of hydrogen-bond acceptors (Lipinski definition) is 3. The second-order valence-corrected chi connectivity index (χ2v) is 8.24. The van der Waals surface area contributed by atoms with Gasteiger partial charge in [-0.15, -0.1) is 0 Å². The molecule has 10 heteroatoms. The SMILES string of the molecule is CCCC(C(N)=O)C(CCC(F)(F)F)C(=O)NC1C(=O)Nc2c(F)cccc2-c2ccccc21. The van der Waals surface area contributed by atoms with E-state index < -0.39 is 60.4 Å². The lowest BCUT2D eigenvalue weighted by atomic mass is 9.83. The number of rotatable bonds is 8. The maximum Gasteiger partial charge on any atom is 0.389 e. The van der Waals surface area contributed by atoms with Gasteiger partial charge in [-0.05, 0) is 30.0 Å². The summed E-state index contributed by atoms with van der Waals surface area (Å²) in [5.41, 5.74) is 6.58. The highest BCUT2D eigenvalue weighted by molar-refractivity contribution is 6.05. The van der Waals surface area contributed by atoms with Gasteiger partial charge in [0, 0.05) is 23.8 Å². The van der Waals surface area contributed by atoms with Crippen molar-refractivity contribution in [2.24, 2.45) is 17.6 Å². The lowest BCUT2D eigenvalue weighted by molar-refractivity contribution is -0.146. The molecule has 0 saturated heterocycles. The third-order valence-corrected chi connectivity index (χ3v) is 5.90. The average Bonchev–Trinajstić information content (AvgIpc) is 2.88. The Labute approximate surface area is 193 Å². The summed E-state index contributed by atoms with van der Waals surface area (Å²) in [5, 5.41) is 4.97. The van der Waals surface area contributed by atoms with Crippen molar-refractivity contribution in [3.63, 3.8) is 0 Å². The molecule has 182 valence electrons. The molecule has 3 amide bonds. The van der Waals surface area contributed by atoms with E-state index in [0.29, 0.717) is 23.1 Å². The summed E-state index contributed by atoms with van der Waals surface area (Å²) in [7, 11) is 0. The molecule has 0 spiro atoms. The number of halogens is 4. The van der Waals surface area contributed by atoms with E-state index in [-0.39, 0.29) is 12.1 Å². The molecule has 2 aromatic rings. The van der Waals surface area contributed by atoms with Crippen molar-refractivity contribution in [3.05, 3.63) is 53.8 Å². The Kier molecular flexibility index (Phi) is 7.58. The van der Waals surface area contributed by atoms with Gasteiger partial charge in [0.15, 0.2) is 0 Å². The topological polar surface area (TPSA) is 101 Å². The number of primary amides is 1. The number of nitrogens with two attached hydrogens (primary N) is 1. The number of amides is 3. The van der Waals surface area contributed by atoms with Crippen LogP contribution in [0.25, 0.3) is 11.1 Å². The quantitative estimate of drug-likeness (QED) is 0.487. The number of carbonyl (C=O) groups is 3. The molecule has 3 unspecified atom stereocenters. The van der Waals surface area contributed by atoms with Crippen molar-refractivity contribution in [2.45, 2.75) is 44.8 Å². The van der Waals surface area contributed by atoms with Gasteiger partial charge in [-0.3, -0.25) is 14.4 Å². The number of benzene rings is 2. The molecule has 6 nitrogen and oxygen atoms in total. The number of alkyl halides is 3. The molecule has 0 aliphatic carbocycles. The van der Waals surface area contributed by atoms with Crippen LogP contribution < -0.4 is 16.4 Å². The van der Waals surface area contributed by atoms with E-state index in [2.05, 4.69) is 10.6 Å². The summed E-state index contributed by atoms with van der Waals surface area (Å²) in [5.74, 6) is -5.74. The molecule has 1 heterocycles. The van der Waals surface area contributed by atoms with E-state index >= 15 is 0 Å². The standard InChI is InChI=1S/C24H25F4N3O3/c1-2-6-16(21(29)32)17(11-12-24(26,27)28)22(33)31-20-15-8-4-3-7-13(15)14-9-5-10-18(25)19(14)30-23(20)34/h3-5,7-10,16-17,20H,2,6,11-12H2,1H3,(H2,29,32)(H,30,34)(H,31,33). The van der Waals surface area contributed by atoms with Crippen molar-refractivity contribution >= 4 is 23.4 Å². The minimum atomic E-state index is -4.54. The van der Waals surface area contributed by atoms with Crippen molar-refractivity contribution in [1.82, 2.24) is 5.32 Å². The zero-order valence-corrected chi connectivity index (χ0v) is 18.4. The number of para-hydroxylation sites is 1. The molecule has 0 radical (unpaired) electrons. The van der Waals surface area contributed by atoms with E-state index in [1.54, 1.807) is 37.3 Å². The van der Waals surface area contributed by atoms with E-state index in [1.807, 2.05) is 0 Å². The summed E-state index contributed by atoms with van der Waals surface area (Å²) in [6, 6.07) is 9.47. The van der Waals surface area contributed by atoms with Crippen molar-refractivity contribution in [2.75, 3.05) is 5.32 Å². The zero-order chi connectivity index (χ0) is 25.0. The Morgan fingerprint density at radius 3 is 2.38 bits per heavy atom. The molecule has 2 aromatic carbocycles. The number of nitrogens with one attached hydrogen (secondary N) is 2. The highest BCUT2D eigenvalue weighted by Gasteiger charge is 2.39. The maximum atomic E-state index is 14.5. The second kappa shape index (κ2) is 10.2. The Hall–Kier alpha value is -3.43. The van der Waals surface area contributed by atoms with Crippen LogP contribution in [0.15, 0.2) is 42.5 Å². The molecule has 3 rings (SSSR count). The normalized spacial score (nSPS) is 17.0. The van der Waals surface area contributed by atoms with Crippen LogP contribution in [0.4, 0.5) is 23.2 Å². The molecule has 0 bridgehead atoms. The Bertz CT molecular complexity index is 1090. The first-order chi connectivity index (χ1) is 16.0. The first kappa shape index (κ1) is 25.2. The minimum Gasteiger partial charge on any atom is -0.369 e. The molecule has 34 heavy (non-hydrogen) atoms. The molecule has 1 aliphatic rings. The lowest BCUT2D eigenvalue weighted by Crippen LogP contribution is -2.44. The van der Waals surface area contributed by atoms with Crippen LogP contribution in [-0.4, -0.2) is 23.9 Å². The lowest BCUT2D eigenvalue weighted by Gasteiger charge is -2.27. The van der Waals surface area contributed by atoms with E-state index in [0.717, 1.165) is 0 Å². The summed E-state index contributed by atoms with van der Waals surface area (Å²) < 4.78 is 53.3. The van der Waals surface area contributed by atoms with Crippen LogP contribution in [0.1, 0.15) is 44.2 Å². The number of anilines is 1. The van der Waals surface area contributed by atoms with Crippen LogP contribution in [0, 0.1) is 17.7 Å². The van der Waals surface area contributed by atoms with Gasteiger partial charge in [0.1, 0.15) is 11.9 Å². The van der Waals surface area contributed by atoms with Gasteiger partial charge in [0.05, 0.1) is 5.69 Å². The maximum absolute atomic E-state index is 14.5. The molecule has 0 fully saturated rings. The summed E-state index contributed by atoms with van der Waals surface area (Å²) >= 11 is 0. The molecule has 1 aliphatic heterocycles. The second-order valence-electron chi connectivity index (χ2n) is 8.24. The first-order valence-corrected chi connectivity index (χ1v) is 10.9. The van der Waals surface area contributed by atoms with Crippen molar-refractivity contribution < 1.29 is 31.9 Å². The molecule has 0 aromatic heterocycles. The van der Waals surface area contributed by atoms with Gasteiger partial charge in [0.25, 0.3) is 5.91 Å². The fourth-order valence-corrected chi connectivity index (χ4v) is 4.29.